The van der Waals surface area contributed by atoms with Crippen LogP contribution in [0, 0.1) is 20.8 Å². The van der Waals surface area contributed by atoms with Crippen molar-refractivity contribution < 1.29 is 18.0 Å². The minimum absolute atomic E-state index is 0.0631. The molecule has 0 radical (unpaired) electrons. The molecule has 1 saturated carbocycles. The molecule has 240 valence electrons. The third-order valence-corrected chi connectivity index (χ3v) is 10.3. The van der Waals surface area contributed by atoms with Crippen LogP contribution in [0.3, 0.4) is 0 Å². The van der Waals surface area contributed by atoms with Gasteiger partial charge in [-0.1, -0.05) is 97.3 Å². The number of anilines is 1. The van der Waals surface area contributed by atoms with Gasteiger partial charge in [0.1, 0.15) is 12.6 Å². The Morgan fingerprint density at radius 1 is 0.761 bits per heavy atom. The van der Waals surface area contributed by atoms with E-state index in [1.807, 2.05) is 87.5 Å². The van der Waals surface area contributed by atoms with Gasteiger partial charge in [-0.15, -0.1) is 0 Å². The van der Waals surface area contributed by atoms with Gasteiger partial charge in [0, 0.05) is 19.0 Å². The zero-order valence-corrected chi connectivity index (χ0v) is 27.7. The molecule has 5 rings (SSSR count). The quantitative estimate of drug-likeness (QED) is 0.192. The number of aryl methyl sites for hydroxylation is 3. The van der Waals surface area contributed by atoms with Crippen molar-refractivity contribution in [3.63, 3.8) is 0 Å². The molecular weight excluding hydrogens is 595 g/mol. The summed E-state index contributed by atoms with van der Waals surface area (Å²) in [5.41, 5.74) is 4.86. The summed E-state index contributed by atoms with van der Waals surface area (Å²) in [6.45, 7) is 5.39. The Kier molecular flexibility index (Phi) is 10.6. The lowest BCUT2D eigenvalue weighted by atomic mass is 10.0. The monoisotopic (exact) mass is 637 g/mol. The Bertz CT molecular complexity index is 1720. The van der Waals surface area contributed by atoms with Crippen molar-refractivity contribution in [2.45, 2.75) is 76.4 Å². The maximum atomic E-state index is 14.6. The summed E-state index contributed by atoms with van der Waals surface area (Å²) in [4.78, 5) is 30.4. The molecule has 0 spiro atoms. The summed E-state index contributed by atoms with van der Waals surface area (Å²) < 4.78 is 29.8. The summed E-state index contributed by atoms with van der Waals surface area (Å²) in [5, 5.41) is 3.22. The minimum atomic E-state index is -4.14. The normalized spacial score (nSPS) is 14.1. The number of carbonyl (C=O) groups is 2. The van der Waals surface area contributed by atoms with Gasteiger partial charge in [-0.3, -0.25) is 13.9 Å². The molecule has 0 aliphatic heterocycles. The Hall–Kier alpha value is -4.43. The molecule has 0 saturated heterocycles. The predicted molar refractivity (Wildman–Crippen MR) is 183 cm³/mol. The number of nitrogens with one attached hydrogen (secondary N) is 1. The van der Waals surface area contributed by atoms with Gasteiger partial charge in [0.2, 0.25) is 11.8 Å². The fourth-order valence-electron chi connectivity index (χ4n) is 6.16. The van der Waals surface area contributed by atoms with Crippen LogP contribution in [-0.4, -0.2) is 43.8 Å². The third kappa shape index (κ3) is 8.23. The van der Waals surface area contributed by atoms with Gasteiger partial charge in [0.15, 0.2) is 0 Å². The van der Waals surface area contributed by atoms with Crippen LogP contribution in [0.5, 0.6) is 0 Å². The highest BCUT2D eigenvalue weighted by atomic mass is 32.2. The fraction of sp³-hybridized carbons (Fsp3) is 0.316. The Balaban J connectivity index is 1.57. The van der Waals surface area contributed by atoms with Crippen LogP contribution < -0.4 is 9.62 Å². The van der Waals surface area contributed by atoms with Gasteiger partial charge < -0.3 is 10.2 Å². The number of benzene rings is 4. The summed E-state index contributed by atoms with van der Waals surface area (Å²) in [7, 11) is -4.14. The average molecular weight is 638 g/mol. The number of hydrogen-bond acceptors (Lipinski definition) is 4. The molecule has 1 aliphatic rings. The second-order valence-electron chi connectivity index (χ2n) is 12.4. The predicted octanol–water partition coefficient (Wildman–Crippen LogP) is 6.51. The molecule has 0 bridgehead atoms. The van der Waals surface area contributed by atoms with Crippen molar-refractivity contribution in [3.05, 3.63) is 131 Å². The standard InChI is InChI=1S/C38H43N3O4S/c1-28-18-20-35(21-19-28)46(44,45)41(34-23-29(2)22-30(3)24-34)27-37(42)40(26-32-14-8-5-9-15-32)36(25-31-12-6-4-7-13-31)38(43)39-33-16-10-11-17-33/h4-9,12-15,18-24,33,36H,10-11,16-17,25-27H2,1-3H3,(H,39,43)/t36-/m0/s1. The minimum Gasteiger partial charge on any atom is -0.352 e. The highest BCUT2D eigenvalue weighted by Crippen LogP contribution is 2.27. The molecule has 8 heteroatoms. The van der Waals surface area contributed by atoms with E-state index in [0.29, 0.717) is 12.1 Å². The molecule has 0 heterocycles. The van der Waals surface area contributed by atoms with E-state index in [0.717, 1.165) is 53.5 Å². The van der Waals surface area contributed by atoms with Crippen LogP contribution in [0.4, 0.5) is 5.69 Å². The third-order valence-electron chi connectivity index (χ3n) is 8.55. The van der Waals surface area contributed by atoms with Gasteiger partial charge in [-0.05, 0) is 80.1 Å². The molecule has 1 N–H and O–H groups in total. The van der Waals surface area contributed by atoms with E-state index in [2.05, 4.69) is 5.32 Å². The first-order valence-corrected chi connectivity index (χ1v) is 17.4. The van der Waals surface area contributed by atoms with Gasteiger partial charge >= 0.3 is 0 Å². The fourth-order valence-corrected chi connectivity index (χ4v) is 7.56. The number of amides is 2. The van der Waals surface area contributed by atoms with E-state index in [4.69, 9.17) is 0 Å². The van der Waals surface area contributed by atoms with E-state index in [1.54, 1.807) is 41.3 Å². The first kappa shape index (κ1) is 32.9. The van der Waals surface area contributed by atoms with Crippen LogP contribution in [0.25, 0.3) is 0 Å². The van der Waals surface area contributed by atoms with E-state index >= 15 is 0 Å². The molecule has 0 unspecified atom stereocenters. The SMILES string of the molecule is Cc1ccc(S(=O)(=O)N(CC(=O)N(Cc2ccccc2)[C@@H](Cc2ccccc2)C(=O)NC2CCCC2)c2cc(C)cc(C)c2)cc1. The Morgan fingerprint density at radius 2 is 1.33 bits per heavy atom. The van der Waals surface area contributed by atoms with Gasteiger partial charge in [0.05, 0.1) is 10.6 Å². The number of carbonyl (C=O) groups excluding carboxylic acids is 2. The van der Waals surface area contributed by atoms with E-state index in [-0.39, 0.29) is 23.4 Å². The lowest BCUT2D eigenvalue weighted by Crippen LogP contribution is -2.54. The van der Waals surface area contributed by atoms with Crippen molar-refractivity contribution in [1.29, 1.82) is 0 Å². The maximum absolute atomic E-state index is 14.6. The van der Waals surface area contributed by atoms with Crippen LogP contribution in [-0.2, 0) is 32.6 Å². The van der Waals surface area contributed by atoms with Crippen molar-refractivity contribution in [2.24, 2.45) is 0 Å². The highest BCUT2D eigenvalue weighted by Gasteiger charge is 2.35. The highest BCUT2D eigenvalue weighted by molar-refractivity contribution is 7.92. The molecule has 1 fully saturated rings. The zero-order valence-electron chi connectivity index (χ0n) is 26.9. The Labute approximate surface area is 273 Å². The van der Waals surface area contributed by atoms with Crippen LogP contribution in [0.2, 0.25) is 0 Å². The number of nitrogens with zero attached hydrogens (tertiary/aromatic N) is 2. The van der Waals surface area contributed by atoms with Gasteiger partial charge in [0.25, 0.3) is 10.0 Å². The maximum Gasteiger partial charge on any atom is 0.264 e. The lowest BCUT2D eigenvalue weighted by Gasteiger charge is -2.34. The molecule has 4 aromatic carbocycles. The summed E-state index contributed by atoms with van der Waals surface area (Å²) >= 11 is 0. The van der Waals surface area contributed by atoms with Crippen molar-refractivity contribution in [3.8, 4) is 0 Å². The van der Waals surface area contributed by atoms with Crippen molar-refractivity contribution in [1.82, 2.24) is 10.2 Å². The molecule has 1 atom stereocenters. The molecule has 0 aromatic heterocycles. The summed E-state index contributed by atoms with van der Waals surface area (Å²) in [5.74, 6) is -0.680. The van der Waals surface area contributed by atoms with E-state index < -0.39 is 28.5 Å². The molecule has 46 heavy (non-hydrogen) atoms. The topological polar surface area (TPSA) is 86.8 Å². The van der Waals surface area contributed by atoms with Crippen molar-refractivity contribution >= 4 is 27.5 Å². The van der Waals surface area contributed by atoms with Gasteiger partial charge in [-0.25, -0.2) is 8.42 Å². The molecule has 4 aromatic rings. The molecule has 1 aliphatic carbocycles. The van der Waals surface area contributed by atoms with E-state index in [9.17, 15) is 18.0 Å². The first-order chi connectivity index (χ1) is 22.1. The van der Waals surface area contributed by atoms with Gasteiger partial charge in [-0.2, -0.15) is 0 Å². The largest absolute Gasteiger partial charge is 0.352 e. The Morgan fingerprint density at radius 3 is 1.91 bits per heavy atom. The summed E-state index contributed by atoms with van der Waals surface area (Å²) in [6.07, 6.45) is 4.23. The average Bonchev–Trinajstić information content (AvgIpc) is 3.55. The second kappa shape index (κ2) is 14.8. The number of hydrogen-bond donors (Lipinski definition) is 1. The number of sulfonamides is 1. The molecular formula is C38H43N3O4S. The van der Waals surface area contributed by atoms with Crippen LogP contribution in [0.15, 0.2) is 108 Å². The molecule has 2 amide bonds. The summed E-state index contributed by atoms with van der Waals surface area (Å²) in [6, 6.07) is 30.6. The van der Waals surface area contributed by atoms with Crippen LogP contribution in [0.1, 0.15) is 53.5 Å². The van der Waals surface area contributed by atoms with Crippen molar-refractivity contribution in [2.75, 3.05) is 10.8 Å². The molecule has 7 nitrogen and oxygen atoms in total. The number of rotatable bonds is 12. The van der Waals surface area contributed by atoms with E-state index in [1.165, 1.54) is 4.31 Å². The first-order valence-electron chi connectivity index (χ1n) is 16.0. The smallest absolute Gasteiger partial charge is 0.264 e. The second-order valence-corrected chi connectivity index (χ2v) is 14.2. The van der Waals surface area contributed by atoms with Crippen LogP contribution >= 0.6 is 0 Å². The zero-order chi connectivity index (χ0) is 32.7. The lowest BCUT2D eigenvalue weighted by molar-refractivity contribution is -0.140.